The maximum atomic E-state index is 13.3. The predicted molar refractivity (Wildman–Crippen MR) is 77.6 cm³/mol. The fourth-order valence-corrected chi connectivity index (χ4v) is 3.06. The van der Waals surface area contributed by atoms with Crippen molar-refractivity contribution in [1.82, 2.24) is 0 Å². The summed E-state index contributed by atoms with van der Waals surface area (Å²) in [5.41, 5.74) is 3.03. The monoisotopic (exact) mass is 272 g/mol. The Labute approximate surface area is 118 Å². The van der Waals surface area contributed by atoms with E-state index in [1.54, 1.807) is 6.07 Å². The summed E-state index contributed by atoms with van der Waals surface area (Å²) in [5.74, 6) is -0.922. The van der Waals surface area contributed by atoms with Gasteiger partial charge in [-0.15, -0.1) is 0 Å². The number of hydrogen-bond donors (Lipinski definition) is 0. The average Bonchev–Trinajstić information content (AvgIpc) is 2.51. The Morgan fingerprint density at radius 1 is 0.700 bits per heavy atom. The summed E-state index contributed by atoms with van der Waals surface area (Å²) < 4.78 is 26.2. The maximum Gasteiger partial charge on any atom is 0.159 e. The first kappa shape index (κ1) is 13.3. The first-order valence-electron chi connectivity index (χ1n) is 7.29. The van der Waals surface area contributed by atoms with Crippen LogP contribution in [0.1, 0.15) is 43.6 Å². The molecule has 2 heteroatoms. The van der Waals surface area contributed by atoms with Gasteiger partial charge in [-0.25, -0.2) is 8.78 Å². The van der Waals surface area contributed by atoms with Crippen LogP contribution in [0.4, 0.5) is 8.78 Å². The maximum absolute atomic E-state index is 13.3. The van der Waals surface area contributed by atoms with Gasteiger partial charge in [0.15, 0.2) is 11.6 Å². The Balaban J connectivity index is 1.83. The lowest BCUT2D eigenvalue weighted by Crippen LogP contribution is -2.04. The van der Waals surface area contributed by atoms with E-state index in [0.29, 0.717) is 5.92 Å². The molecule has 0 saturated heterocycles. The lowest BCUT2D eigenvalue weighted by Gasteiger charge is -2.22. The lowest BCUT2D eigenvalue weighted by atomic mass is 9.84. The first-order valence-corrected chi connectivity index (χ1v) is 7.29. The molecule has 0 heterocycles. The third-order valence-electron chi connectivity index (χ3n) is 4.24. The van der Waals surface area contributed by atoms with E-state index in [1.165, 1.54) is 49.8 Å². The van der Waals surface area contributed by atoms with Crippen molar-refractivity contribution in [3.8, 4) is 11.1 Å². The van der Waals surface area contributed by atoms with Crippen molar-refractivity contribution in [2.75, 3.05) is 0 Å². The summed E-state index contributed by atoms with van der Waals surface area (Å²) in [7, 11) is 0. The number of rotatable bonds is 2. The molecule has 0 atom stereocenters. The number of halogens is 2. The molecule has 0 amide bonds. The van der Waals surface area contributed by atoms with Crippen molar-refractivity contribution in [3.63, 3.8) is 0 Å². The third-order valence-corrected chi connectivity index (χ3v) is 4.24. The van der Waals surface area contributed by atoms with E-state index in [0.717, 1.165) is 11.1 Å². The fourth-order valence-electron chi connectivity index (χ4n) is 3.06. The van der Waals surface area contributed by atoms with Gasteiger partial charge < -0.3 is 0 Å². The normalized spacial score (nSPS) is 16.3. The molecule has 0 aliphatic heterocycles. The van der Waals surface area contributed by atoms with Crippen molar-refractivity contribution in [2.24, 2.45) is 0 Å². The molecule has 1 aliphatic rings. The van der Waals surface area contributed by atoms with E-state index in [9.17, 15) is 8.78 Å². The second-order valence-corrected chi connectivity index (χ2v) is 5.59. The zero-order chi connectivity index (χ0) is 13.9. The van der Waals surface area contributed by atoms with Crippen LogP contribution in [0.15, 0.2) is 42.5 Å². The van der Waals surface area contributed by atoms with E-state index in [-0.39, 0.29) is 0 Å². The van der Waals surface area contributed by atoms with Gasteiger partial charge >= 0.3 is 0 Å². The second-order valence-electron chi connectivity index (χ2n) is 5.59. The highest BCUT2D eigenvalue weighted by atomic mass is 19.2. The average molecular weight is 272 g/mol. The van der Waals surface area contributed by atoms with Gasteiger partial charge in [0.25, 0.3) is 0 Å². The fraction of sp³-hybridized carbons (Fsp3) is 0.333. The van der Waals surface area contributed by atoms with E-state index >= 15 is 0 Å². The van der Waals surface area contributed by atoms with Crippen LogP contribution in [-0.2, 0) is 0 Å². The standard InChI is InChI=1S/C18H18F2/c19-17-11-10-16(12-18(17)20)15-8-6-14(7-9-15)13-4-2-1-3-5-13/h6-13H,1-5H2. The van der Waals surface area contributed by atoms with Crippen LogP contribution in [0.25, 0.3) is 11.1 Å². The molecule has 0 spiro atoms. The van der Waals surface area contributed by atoms with Crippen molar-refractivity contribution in [1.29, 1.82) is 0 Å². The van der Waals surface area contributed by atoms with E-state index in [4.69, 9.17) is 0 Å². The Morgan fingerprint density at radius 3 is 2.00 bits per heavy atom. The van der Waals surface area contributed by atoms with Crippen LogP contribution in [0.2, 0.25) is 0 Å². The highest BCUT2D eigenvalue weighted by Crippen LogP contribution is 2.33. The summed E-state index contributed by atoms with van der Waals surface area (Å²) in [5, 5.41) is 0. The van der Waals surface area contributed by atoms with E-state index in [1.807, 2.05) is 12.1 Å². The number of benzene rings is 2. The molecular weight excluding hydrogens is 254 g/mol. The summed E-state index contributed by atoms with van der Waals surface area (Å²) in [6.07, 6.45) is 6.52. The topological polar surface area (TPSA) is 0 Å². The van der Waals surface area contributed by atoms with Crippen LogP contribution >= 0.6 is 0 Å². The molecule has 3 rings (SSSR count). The summed E-state index contributed by atoms with van der Waals surface area (Å²) in [6.45, 7) is 0. The van der Waals surface area contributed by atoms with Crippen molar-refractivity contribution in [2.45, 2.75) is 38.0 Å². The van der Waals surface area contributed by atoms with Gasteiger partial charge in [0.05, 0.1) is 0 Å². The van der Waals surface area contributed by atoms with Gasteiger partial charge in [0.1, 0.15) is 0 Å². The smallest absolute Gasteiger partial charge is 0.159 e. The van der Waals surface area contributed by atoms with Crippen LogP contribution in [0.3, 0.4) is 0 Å². The highest BCUT2D eigenvalue weighted by Gasteiger charge is 2.15. The molecule has 1 fully saturated rings. The molecule has 0 N–H and O–H groups in total. The van der Waals surface area contributed by atoms with Crippen LogP contribution in [0, 0.1) is 11.6 Å². The molecule has 0 unspecified atom stereocenters. The predicted octanol–water partition coefficient (Wildman–Crippen LogP) is 5.68. The molecule has 0 radical (unpaired) electrons. The second kappa shape index (κ2) is 5.74. The largest absolute Gasteiger partial charge is 0.204 e. The van der Waals surface area contributed by atoms with Crippen molar-refractivity contribution >= 4 is 0 Å². The van der Waals surface area contributed by atoms with Gasteiger partial charge in [-0.05, 0) is 47.6 Å². The molecule has 0 aromatic heterocycles. The minimum Gasteiger partial charge on any atom is -0.204 e. The van der Waals surface area contributed by atoms with Crippen molar-refractivity contribution in [3.05, 3.63) is 59.7 Å². The number of hydrogen-bond acceptors (Lipinski definition) is 0. The summed E-state index contributed by atoms with van der Waals surface area (Å²) in [6, 6.07) is 12.3. The van der Waals surface area contributed by atoms with Gasteiger partial charge in [-0.3, -0.25) is 0 Å². The van der Waals surface area contributed by atoms with Crippen LogP contribution < -0.4 is 0 Å². The molecule has 2 aromatic rings. The quantitative estimate of drug-likeness (QED) is 0.659. The molecule has 1 aliphatic carbocycles. The highest BCUT2D eigenvalue weighted by molar-refractivity contribution is 5.63. The Kier molecular flexibility index (Phi) is 3.81. The minimum atomic E-state index is -0.799. The molecular formula is C18H18F2. The summed E-state index contributed by atoms with van der Waals surface area (Å²) in [4.78, 5) is 0. The van der Waals surface area contributed by atoms with Gasteiger partial charge in [-0.1, -0.05) is 49.6 Å². The van der Waals surface area contributed by atoms with Gasteiger partial charge in [0, 0.05) is 0 Å². The molecule has 1 saturated carbocycles. The SMILES string of the molecule is Fc1ccc(-c2ccc(C3CCCCC3)cc2)cc1F. The molecule has 20 heavy (non-hydrogen) atoms. The van der Waals surface area contributed by atoms with Gasteiger partial charge in [-0.2, -0.15) is 0 Å². The van der Waals surface area contributed by atoms with Crippen LogP contribution in [0.5, 0.6) is 0 Å². The zero-order valence-corrected chi connectivity index (χ0v) is 11.4. The molecule has 2 aromatic carbocycles. The molecule has 0 nitrogen and oxygen atoms in total. The molecule has 104 valence electrons. The Morgan fingerprint density at radius 2 is 1.35 bits per heavy atom. The van der Waals surface area contributed by atoms with Gasteiger partial charge in [0.2, 0.25) is 0 Å². The lowest BCUT2D eigenvalue weighted by molar-refractivity contribution is 0.443. The van der Waals surface area contributed by atoms with E-state index < -0.39 is 11.6 Å². The third kappa shape index (κ3) is 2.74. The Hall–Kier alpha value is -1.70. The van der Waals surface area contributed by atoms with Crippen LogP contribution in [-0.4, -0.2) is 0 Å². The zero-order valence-electron chi connectivity index (χ0n) is 11.4. The van der Waals surface area contributed by atoms with Crippen molar-refractivity contribution < 1.29 is 8.78 Å². The Bertz CT molecular complexity index is 581. The van der Waals surface area contributed by atoms with E-state index in [2.05, 4.69) is 12.1 Å². The minimum absolute atomic E-state index is 0.669. The first-order chi connectivity index (χ1) is 9.74. The molecule has 0 bridgehead atoms. The summed E-state index contributed by atoms with van der Waals surface area (Å²) >= 11 is 0.